The molecule has 2 rings (SSSR count). The van der Waals surface area contributed by atoms with Crippen molar-refractivity contribution in [1.82, 2.24) is 0 Å². The van der Waals surface area contributed by atoms with Gasteiger partial charge in [0.05, 0.1) is 11.5 Å². The average molecular weight is 304 g/mol. The topological polar surface area (TPSA) is 142 Å². The Morgan fingerprint density at radius 1 is 1.20 bits per heavy atom. The van der Waals surface area contributed by atoms with Crippen LogP contribution >= 0.6 is 0 Å². The van der Waals surface area contributed by atoms with Crippen LogP contribution in [0.3, 0.4) is 0 Å². The molecule has 1 heterocycles. The van der Waals surface area contributed by atoms with Gasteiger partial charge in [-0.3, -0.25) is 0 Å². The highest BCUT2D eigenvalue weighted by Crippen LogP contribution is 2.23. The van der Waals surface area contributed by atoms with Crippen LogP contribution in [-0.2, 0) is 14.8 Å². The predicted octanol–water partition coefficient (Wildman–Crippen LogP) is -1.82. The fourth-order valence-electron chi connectivity index (χ4n) is 1.92. The summed E-state index contributed by atoms with van der Waals surface area (Å²) in [6.45, 7) is -0.416. The molecule has 1 aliphatic rings. The van der Waals surface area contributed by atoms with Gasteiger partial charge in [-0.05, 0) is 24.3 Å². The summed E-state index contributed by atoms with van der Waals surface area (Å²) in [4.78, 5) is -0.0378. The Balaban J connectivity index is 2.08. The van der Waals surface area contributed by atoms with Crippen molar-refractivity contribution in [2.75, 3.05) is 11.9 Å². The van der Waals surface area contributed by atoms with E-state index in [9.17, 15) is 18.6 Å². The molecule has 0 unspecified atom stereocenters. The van der Waals surface area contributed by atoms with Crippen LogP contribution in [0.15, 0.2) is 29.2 Å². The lowest BCUT2D eigenvalue weighted by molar-refractivity contribution is -0.0153. The van der Waals surface area contributed by atoms with Crippen LogP contribution in [0.5, 0.6) is 0 Å². The van der Waals surface area contributed by atoms with Crippen LogP contribution in [0, 0.1) is 0 Å². The highest BCUT2D eigenvalue weighted by molar-refractivity contribution is 7.89. The van der Waals surface area contributed by atoms with Crippen LogP contribution in [0.4, 0.5) is 5.69 Å². The molecule has 112 valence electrons. The Kier molecular flexibility index (Phi) is 4.28. The molecule has 0 saturated carbocycles. The third-order valence-electron chi connectivity index (χ3n) is 3.03. The predicted molar refractivity (Wildman–Crippen MR) is 69.2 cm³/mol. The zero-order valence-corrected chi connectivity index (χ0v) is 11.2. The van der Waals surface area contributed by atoms with Gasteiger partial charge in [-0.1, -0.05) is 0 Å². The third kappa shape index (κ3) is 3.08. The van der Waals surface area contributed by atoms with E-state index in [-0.39, 0.29) is 4.90 Å². The Bertz CT molecular complexity index is 561. The fraction of sp³-hybridized carbons (Fsp3) is 0.455. The van der Waals surface area contributed by atoms with Gasteiger partial charge in [-0.25, -0.2) is 13.6 Å². The molecule has 1 aromatic carbocycles. The van der Waals surface area contributed by atoms with Crippen LogP contribution < -0.4 is 10.5 Å². The number of sulfonamides is 1. The van der Waals surface area contributed by atoms with Crippen LogP contribution in [0.25, 0.3) is 0 Å². The van der Waals surface area contributed by atoms with E-state index in [4.69, 9.17) is 15.0 Å². The first kappa shape index (κ1) is 15.2. The zero-order valence-electron chi connectivity index (χ0n) is 10.4. The maximum absolute atomic E-state index is 11.1. The van der Waals surface area contributed by atoms with Crippen LogP contribution in [0.2, 0.25) is 0 Å². The highest BCUT2D eigenvalue weighted by atomic mass is 32.2. The van der Waals surface area contributed by atoms with Gasteiger partial charge in [0.1, 0.15) is 18.3 Å². The van der Waals surface area contributed by atoms with Gasteiger partial charge in [0.15, 0.2) is 6.23 Å². The minimum absolute atomic E-state index is 0.0378. The average Bonchev–Trinajstić information content (AvgIpc) is 2.66. The lowest BCUT2D eigenvalue weighted by atomic mass is 10.1. The van der Waals surface area contributed by atoms with E-state index >= 15 is 0 Å². The first-order valence-corrected chi connectivity index (χ1v) is 7.39. The van der Waals surface area contributed by atoms with E-state index in [1.807, 2.05) is 0 Å². The van der Waals surface area contributed by atoms with Crippen molar-refractivity contribution < 1.29 is 28.5 Å². The summed E-state index contributed by atoms with van der Waals surface area (Å²) < 4.78 is 27.4. The molecule has 1 aliphatic heterocycles. The van der Waals surface area contributed by atoms with Gasteiger partial charge in [0.2, 0.25) is 10.0 Å². The molecule has 8 nitrogen and oxygen atoms in total. The monoisotopic (exact) mass is 304 g/mol. The first-order chi connectivity index (χ1) is 9.32. The number of ether oxygens (including phenoxy) is 1. The van der Waals surface area contributed by atoms with Crippen molar-refractivity contribution in [2.45, 2.75) is 29.4 Å². The van der Waals surface area contributed by atoms with Gasteiger partial charge >= 0.3 is 0 Å². The molecule has 0 aromatic heterocycles. The standard InChI is InChI=1S/C11H16N2O6S/c12-20(17,18)7-3-1-6(2-4-7)13-11-10(16)9(15)8(5-14)19-11/h1-4,8-11,13-16H,5H2,(H2,12,17,18)/t8-,9+,10+,11-/m1/s1. The van der Waals surface area contributed by atoms with E-state index in [1.54, 1.807) is 0 Å². The summed E-state index contributed by atoms with van der Waals surface area (Å²) in [6, 6.07) is 5.51. The Labute approximate surface area is 115 Å². The summed E-state index contributed by atoms with van der Waals surface area (Å²) in [6.07, 6.45) is -4.17. The molecule has 0 spiro atoms. The van der Waals surface area contributed by atoms with Crippen molar-refractivity contribution in [2.24, 2.45) is 5.14 Å². The Morgan fingerprint density at radius 3 is 2.25 bits per heavy atom. The van der Waals surface area contributed by atoms with Gasteiger partial charge in [0, 0.05) is 5.69 Å². The SMILES string of the molecule is NS(=O)(=O)c1ccc(N[C@@H]2O[C@H](CO)[C@H](O)[C@@H]2O)cc1. The van der Waals surface area contributed by atoms with E-state index in [0.29, 0.717) is 5.69 Å². The van der Waals surface area contributed by atoms with Gasteiger partial charge in [0.25, 0.3) is 0 Å². The molecule has 9 heteroatoms. The number of aliphatic hydroxyl groups is 3. The molecule has 6 N–H and O–H groups in total. The number of nitrogens with two attached hydrogens (primary N) is 1. The summed E-state index contributed by atoms with van der Waals surface area (Å²) in [5.74, 6) is 0. The van der Waals surface area contributed by atoms with E-state index in [0.717, 1.165) is 0 Å². The molecule has 0 bridgehead atoms. The summed E-state index contributed by atoms with van der Waals surface area (Å²) in [5.41, 5.74) is 0.479. The van der Waals surface area contributed by atoms with Gasteiger partial charge in [-0.2, -0.15) is 0 Å². The number of rotatable bonds is 4. The number of primary sulfonamides is 1. The second-order valence-electron chi connectivity index (χ2n) is 4.47. The molecule has 0 radical (unpaired) electrons. The quantitative estimate of drug-likeness (QED) is 0.441. The summed E-state index contributed by atoms with van der Waals surface area (Å²) in [7, 11) is -3.76. The molecule has 20 heavy (non-hydrogen) atoms. The first-order valence-electron chi connectivity index (χ1n) is 5.85. The van der Waals surface area contributed by atoms with Gasteiger partial charge in [-0.15, -0.1) is 0 Å². The molecule has 4 atom stereocenters. The maximum Gasteiger partial charge on any atom is 0.238 e. The minimum atomic E-state index is -3.76. The van der Waals surface area contributed by atoms with E-state index in [2.05, 4.69) is 5.32 Å². The van der Waals surface area contributed by atoms with Crippen LogP contribution in [-0.4, -0.2) is 54.9 Å². The molecular formula is C11H16N2O6S. The number of benzene rings is 1. The normalized spacial score (nSPS) is 30.4. The number of hydrogen-bond acceptors (Lipinski definition) is 7. The number of hydrogen-bond donors (Lipinski definition) is 5. The van der Waals surface area contributed by atoms with Crippen molar-refractivity contribution >= 4 is 15.7 Å². The molecule has 0 amide bonds. The lowest BCUT2D eigenvalue weighted by Gasteiger charge is -2.17. The number of aliphatic hydroxyl groups excluding tert-OH is 3. The minimum Gasteiger partial charge on any atom is -0.394 e. The summed E-state index contributed by atoms with van der Waals surface area (Å²) in [5, 5.41) is 36.0. The molecular weight excluding hydrogens is 288 g/mol. The zero-order chi connectivity index (χ0) is 14.9. The Morgan fingerprint density at radius 2 is 1.80 bits per heavy atom. The second kappa shape index (κ2) is 5.64. The lowest BCUT2D eigenvalue weighted by Crippen LogP contribution is -2.36. The van der Waals surface area contributed by atoms with E-state index < -0.39 is 41.2 Å². The molecule has 1 saturated heterocycles. The largest absolute Gasteiger partial charge is 0.394 e. The second-order valence-corrected chi connectivity index (χ2v) is 6.03. The maximum atomic E-state index is 11.1. The summed E-state index contributed by atoms with van der Waals surface area (Å²) >= 11 is 0. The molecule has 1 fully saturated rings. The van der Waals surface area contributed by atoms with Crippen LogP contribution in [0.1, 0.15) is 0 Å². The van der Waals surface area contributed by atoms with Crippen molar-refractivity contribution in [1.29, 1.82) is 0 Å². The van der Waals surface area contributed by atoms with Crippen molar-refractivity contribution in [3.8, 4) is 0 Å². The third-order valence-corrected chi connectivity index (χ3v) is 3.96. The molecule has 1 aromatic rings. The Hall–Kier alpha value is -1.23. The number of nitrogens with one attached hydrogen (secondary N) is 1. The molecule has 0 aliphatic carbocycles. The van der Waals surface area contributed by atoms with Crippen molar-refractivity contribution in [3.63, 3.8) is 0 Å². The van der Waals surface area contributed by atoms with E-state index in [1.165, 1.54) is 24.3 Å². The highest BCUT2D eigenvalue weighted by Gasteiger charge is 2.42. The number of anilines is 1. The van der Waals surface area contributed by atoms with Crippen molar-refractivity contribution in [3.05, 3.63) is 24.3 Å². The fourth-order valence-corrected chi connectivity index (χ4v) is 2.44. The van der Waals surface area contributed by atoms with Gasteiger partial charge < -0.3 is 25.4 Å². The smallest absolute Gasteiger partial charge is 0.238 e.